The highest BCUT2D eigenvalue weighted by molar-refractivity contribution is 5.98. The number of rotatable bonds is 6. The summed E-state index contributed by atoms with van der Waals surface area (Å²) in [6.45, 7) is 2.93. The van der Waals surface area contributed by atoms with Crippen LogP contribution in [0.3, 0.4) is 0 Å². The Morgan fingerprint density at radius 1 is 1.03 bits per heavy atom. The van der Waals surface area contributed by atoms with Crippen LogP contribution in [0.15, 0.2) is 65.1 Å². The quantitative estimate of drug-likeness (QED) is 0.638. The molecule has 166 valence electrons. The zero-order chi connectivity index (χ0) is 22.5. The molecule has 1 aromatic heterocycles. The number of hydrogen-bond acceptors (Lipinski definition) is 5. The lowest BCUT2D eigenvalue weighted by atomic mass is 10.1. The second-order valence-corrected chi connectivity index (χ2v) is 7.50. The van der Waals surface area contributed by atoms with E-state index in [4.69, 9.17) is 9.15 Å². The summed E-state index contributed by atoms with van der Waals surface area (Å²) in [5.41, 5.74) is 1.99. The fourth-order valence-corrected chi connectivity index (χ4v) is 3.51. The zero-order valence-corrected chi connectivity index (χ0v) is 17.7. The number of nitrogens with one attached hydrogen (secondary N) is 1. The Kier molecular flexibility index (Phi) is 6.51. The Bertz CT molecular complexity index is 1090. The summed E-state index contributed by atoms with van der Waals surface area (Å²) in [6, 6.07) is 16.7. The zero-order valence-electron chi connectivity index (χ0n) is 17.7. The molecule has 0 bridgehead atoms. The summed E-state index contributed by atoms with van der Waals surface area (Å²) in [4.78, 5) is 28.5. The summed E-state index contributed by atoms with van der Waals surface area (Å²) in [5.74, 6) is -0.947. The Hall–Kier alpha value is -3.65. The van der Waals surface area contributed by atoms with Crippen LogP contribution in [-0.2, 0) is 9.53 Å². The van der Waals surface area contributed by atoms with Gasteiger partial charge in [0.15, 0.2) is 5.76 Å². The van der Waals surface area contributed by atoms with Crippen molar-refractivity contribution in [2.75, 3.05) is 50.1 Å². The van der Waals surface area contributed by atoms with Crippen LogP contribution in [0.4, 0.5) is 15.8 Å². The Morgan fingerprint density at radius 2 is 1.75 bits per heavy atom. The molecule has 1 aliphatic rings. The molecule has 0 aliphatic carbocycles. The Balaban J connectivity index is 1.33. The number of furan rings is 1. The number of benzene rings is 2. The van der Waals surface area contributed by atoms with Crippen LogP contribution in [0.2, 0.25) is 0 Å². The smallest absolute Gasteiger partial charge is 0.289 e. The van der Waals surface area contributed by atoms with Crippen LogP contribution in [-0.4, -0.2) is 56.6 Å². The van der Waals surface area contributed by atoms with Crippen LogP contribution >= 0.6 is 0 Å². The predicted molar refractivity (Wildman–Crippen MR) is 119 cm³/mol. The topological polar surface area (TPSA) is 75.0 Å². The van der Waals surface area contributed by atoms with Gasteiger partial charge in [0.25, 0.3) is 5.91 Å². The molecule has 7 nitrogen and oxygen atoms in total. The van der Waals surface area contributed by atoms with Gasteiger partial charge in [-0.25, -0.2) is 4.39 Å². The molecule has 2 heterocycles. The van der Waals surface area contributed by atoms with Crippen molar-refractivity contribution in [2.24, 2.45) is 0 Å². The van der Waals surface area contributed by atoms with Gasteiger partial charge in [-0.05, 0) is 48.5 Å². The Labute approximate surface area is 185 Å². The van der Waals surface area contributed by atoms with Crippen molar-refractivity contribution < 1.29 is 23.1 Å². The van der Waals surface area contributed by atoms with Crippen LogP contribution in [0.25, 0.3) is 11.3 Å². The lowest BCUT2D eigenvalue weighted by Gasteiger charge is -2.28. The monoisotopic (exact) mass is 437 g/mol. The van der Waals surface area contributed by atoms with E-state index >= 15 is 0 Å². The van der Waals surface area contributed by atoms with Crippen molar-refractivity contribution in [1.82, 2.24) is 4.90 Å². The predicted octanol–water partition coefficient (Wildman–Crippen LogP) is 3.63. The number of halogens is 1. The van der Waals surface area contributed by atoms with E-state index in [2.05, 4.69) is 10.2 Å². The van der Waals surface area contributed by atoms with Gasteiger partial charge in [-0.1, -0.05) is 12.1 Å². The van der Waals surface area contributed by atoms with E-state index in [0.717, 1.165) is 18.8 Å². The van der Waals surface area contributed by atoms with Gasteiger partial charge in [-0.2, -0.15) is 0 Å². The number of anilines is 2. The molecular formula is C24H24FN3O4. The molecule has 4 rings (SSSR count). The molecule has 0 unspecified atom stereocenters. The lowest BCUT2D eigenvalue weighted by Crippen LogP contribution is -2.36. The first-order valence-corrected chi connectivity index (χ1v) is 10.3. The van der Waals surface area contributed by atoms with Gasteiger partial charge in [-0.3, -0.25) is 9.59 Å². The van der Waals surface area contributed by atoms with Gasteiger partial charge in [0, 0.05) is 31.5 Å². The first-order valence-electron chi connectivity index (χ1n) is 10.3. The van der Waals surface area contributed by atoms with Gasteiger partial charge in [-0.15, -0.1) is 0 Å². The molecule has 2 aromatic carbocycles. The van der Waals surface area contributed by atoms with E-state index in [1.54, 1.807) is 18.2 Å². The van der Waals surface area contributed by atoms with Gasteiger partial charge in [0.1, 0.15) is 11.6 Å². The normalized spacial score (nSPS) is 13.6. The van der Waals surface area contributed by atoms with Crippen molar-refractivity contribution >= 4 is 23.2 Å². The van der Waals surface area contributed by atoms with Gasteiger partial charge < -0.3 is 24.3 Å². The third kappa shape index (κ3) is 4.97. The minimum atomic E-state index is -0.467. The molecule has 1 N–H and O–H groups in total. The van der Waals surface area contributed by atoms with Crippen molar-refractivity contribution in [3.05, 3.63) is 72.2 Å². The fourth-order valence-electron chi connectivity index (χ4n) is 3.51. The van der Waals surface area contributed by atoms with Crippen molar-refractivity contribution in [3.8, 4) is 11.3 Å². The number of morpholine rings is 1. The third-order valence-electron chi connectivity index (χ3n) is 5.21. The first kappa shape index (κ1) is 21.6. The van der Waals surface area contributed by atoms with Gasteiger partial charge in [0.05, 0.1) is 25.3 Å². The summed E-state index contributed by atoms with van der Waals surface area (Å²) in [6.07, 6.45) is 0. The average Bonchev–Trinajstić information content (AvgIpc) is 3.30. The van der Waals surface area contributed by atoms with Crippen LogP contribution < -0.4 is 10.2 Å². The number of nitrogens with zero attached hydrogens (tertiary/aromatic N) is 2. The molecule has 0 saturated carbocycles. The van der Waals surface area contributed by atoms with E-state index in [0.29, 0.717) is 18.9 Å². The molecule has 3 aromatic rings. The molecule has 0 atom stereocenters. The van der Waals surface area contributed by atoms with E-state index in [-0.39, 0.29) is 29.5 Å². The first-order chi connectivity index (χ1) is 15.5. The summed E-state index contributed by atoms with van der Waals surface area (Å²) in [7, 11) is 1.51. The SMILES string of the molecule is CN(CC(=O)Nc1ccc(N2CCOCC2)cc1)C(=O)c1ccc(-c2ccccc2F)o1. The Morgan fingerprint density at radius 3 is 2.47 bits per heavy atom. The third-order valence-corrected chi connectivity index (χ3v) is 5.21. The van der Waals surface area contributed by atoms with Crippen LogP contribution in [0.5, 0.6) is 0 Å². The van der Waals surface area contributed by atoms with Gasteiger partial charge >= 0.3 is 0 Å². The fraction of sp³-hybridized carbons (Fsp3) is 0.250. The minimum Gasteiger partial charge on any atom is -0.451 e. The highest BCUT2D eigenvalue weighted by atomic mass is 19.1. The summed E-state index contributed by atoms with van der Waals surface area (Å²) < 4.78 is 24.8. The molecule has 0 radical (unpaired) electrons. The summed E-state index contributed by atoms with van der Waals surface area (Å²) in [5, 5.41) is 2.79. The molecule has 32 heavy (non-hydrogen) atoms. The van der Waals surface area contributed by atoms with Crippen molar-refractivity contribution in [1.29, 1.82) is 0 Å². The molecule has 1 fully saturated rings. The van der Waals surface area contributed by atoms with E-state index < -0.39 is 11.7 Å². The minimum absolute atomic E-state index is 0.0356. The highest BCUT2D eigenvalue weighted by Crippen LogP contribution is 2.25. The molecular weight excluding hydrogens is 413 g/mol. The maximum Gasteiger partial charge on any atom is 0.289 e. The average molecular weight is 437 g/mol. The number of carbonyl (C=O) groups excluding carboxylic acids is 2. The van der Waals surface area contributed by atoms with Crippen molar-refractivity contribution in [3.63, 3.8) is 0 Å². The second kappa shape index (κ2) is 9.65. The van der Waals surface area contributed by atoms with E-state index in [1.807, 2.05) is 24.3 Å². The second-order valence-electron chi connectivity index (χ2n) is 7.50. The van der Waals surface area contributed by atoms with Crippen molar-refractivity contribution in [2.45, 2.75) is 0 Å². The van der Waals surface area contributed by atoms with E-state index in [9.17, 15) is 14.0 Å². The molecule has 2 amide bonds. The molecule has 0 spiro atoms. The van der Waals surface area contributed by atoms with Crippen LogP contribution in [0, 0.1) is 5.82 Å². The van der Waals surface area contributed by atoms with Crippen LogP contribution in [0.1, 0.15) is 10.6 Å². The molecule has 1 saturated heterocycles. The molecule has 8 heteroatoms. The number of carbonyl (C=O) groups is 2. The standard InChI is InChI=1S/C24H24FN3O4/c1-27(24(30)22-11-10-21(32-22)19-4-2-3-5-20(19)25)16-23(29)26-17-6-8-18(9-7-17)28-12-14-31-15-13-28/h2-11H,12-16H2,1H3,(H,26,29). The largest absolute Gasteiger partial charge is 0.451 e. The van der Waals surface area contributed by atoms with E-state index in [1.165, 1.54) is 30.1 Å². The number of hydrogen-bond donors (Lipinski definition) is 1. The van der Waals surface area contributed by atoms with Gasteiger partial charge in [0.2, 0.25) is 5.91 Å². The number of amides is 2. The lowest BCUT2D eigenvalue weighted by molar-refractivity contribution is -0.116. The number of ether oxygens (including phenoxy) is 1. The summed E-state index contributed by atoms with van der Waals surface area (Å²) >= 11 is 0. The maximum atomic E-state index is 13.9. The maximum absolute atomic E-state index is 13.9. The number of likely N-dealkylation sites (N-methyl/N-ethyl adjacent to an activating group) is 1. The highest BCUT2D eigenvalue weighted by Gasteiger charge is 2.20. The molecule has 1 aliphatic heterocycles.